The van der Waals surface area contributed by atoms with Crippen LogP contribution in [0.1, 0.15) is 37.1 Å². The van der Waals surface area contributed by atoms with Gasteiger partial charge in [-0.25, -0.2) is 0 Å². The van der Waals surface area contributed by atoms with Gasteiger partial charge in [-0.3, -0.25) is 9.88 Å². The van der Waals surface area contributed by atoms with E-state index < -0.39 is 5.79 Å². The van der Waals surface area contributed by atoms with Gasteiger partial charge in [-0.2, -0.15) is 0 Å². The van der Waals surface area contributed by atoms with Crippen molar-refractivity contribution in [3.05, 3.63) is 23.0 Å². The van der Waals surface area contributed by atoms with Gasteiger partial charge in [-0.05, 0) is 18.9 Å². The summed E-state index contributed by atoms with van der Waals surface area (Å²) in [7, 11) is 1.70. The van der Waals surface area contributed by atoms with Crippen molar-refractivity contribution in [2.45, 2.75) is 58.3 Å². The lowest BCUT2D eigenvalue weighted by atomic mass is 10.1. The summed E-state index contributed by atoms with van der Waals surface area (Å²) < 4.78 is 17.1. The molecule has 0 saturated carbocycles. The fraction of sp³-hybridized carbons (Fsp3) is 0.706. The molecule has 1 aromatic heterocycles. The van der Waals surface area contributed by atoms with Crippen LogP contribution >= 0.6 is 0 Å². The summed E-state index contributed by atoms with van der Waals surface area (Å²) in [6.07, 6.45) is 2.35. The number of hydrogen-bond acceptors (Lipinski definition) is 6. The number of β-amino-alcohol motifs (C(OH)–C–C–N with tert-alkyl or cyclic N) is 1. The molecule has 0 radical (unpaired) electrons. The monoisotopic (exact) mass is 322 g/mol. The molecule has 3 heterocycles. The van der Waals surface area contributed by atoms with E-state index in [2.05, 4.69) is 9.88 Å². The van der Waals surface area contributed by atoms with Gasteiger partial charge in [0.2, 0.25) is 5.79 Å². The number of aromatic nitrogens is 1. The minimum Gasteiger partial charge on any atom is -0.461 e. The molecular weight excluding hydrogens is 296 g/mol. The van der Waals surface area contributed by atoms with Crippen LogP contribution < -0.4 is 4.74 Å². The van der Waals surface area contributed by atoms with Crippen LogP contribution in [0.15, 0.2) is 6.20 Å². The molecule has 0 aromatic carbocycles. The second-order valence-corrected chi connectivity index (χ2v) is 6.90. The predicted octanol–water partition coefficient (Wildman–Crippen LogP) is 1.62. The topological polar surface area (TPSA) is 64.1 Å². The standard InChI is InChI=1S/C17H26N2O4/c1-11-16-15(10-22-17(2,3)23-16)12(6-18-11)7-19-8-14(20)5-13(19)9-21-4/h6,13-14,20H,5,7-10H2,1-4H3/t13-,14-/m1/s1. The highest BCUT2D eigenvalue weighted by atomic mass is 16.7. The molecule has 1 saturated heterocycles. The Morgan fingerprint density at radius 2 is 2.26 bits per heavy atom. The molecular formula is C17H26N2O4. The van der Waals surface area contributed by atoms with E-state index in [1.54, 1.807) is 7.11 Å². The minimum absolute atomic E-state index is 0.230. The van der Waals surface area contributed by atoms with Gasteiger partial charge in [-0.1, -0.05) is 0 Å². The highest BCUT2D eigenvalue weighted by Crippen LogP contribution is 2.36. The number of aryl methyl sites for hydroxylation is 1. The van der Waals surface area contributed by atoms with E-state index in [1.807, 2.05) is 27.0 Å². The van der Waals surface area contributed by atoms with E-state index in [4.69, 9.17) is 14.2 Å². The van der Waals surface area contributed by atoms with E-state index >= 15 is 0 Å². The zero-order valence-corrected chi connectivity index (χ0v) is 14.3. The second kappa shape index (κ2) is 6.36. The molecule has 1 fully saturated rings. The number of ether oxygens (including phenoxy) is 3. The fourth-order valence-corrected chi connectivity index (χ4v) is 3.36. The molecule has 2 aliphatic heterocycles. The van der Waals surface area contributed by atoms with Gasteiger partial charge in [0, 0.05) is 51.8 Å². The Hall–Kier alpha value is -1.21. The maximum absolute atomic E-state index is 9.96. The molecule has 128 valence electrons. The van der Waals surface area contributed by atoms with Gasteiger partial charge >= 0.3 is 0 Å². The summed E-state index contributed by atoms with van der Waals surface area (Å²) in [6, 6.07) is 0.230. The summed E-state index contributed by atoms with van der Waals surface area (Å²) in [5.41, 5.74) is 3.04. The van der Waals surface area contributed by atoms with E-state index in [9.17, 15) is 5.11 Å². The number of methoxy groups -OCH3 is 1. The molecule has 1 N–H and O–H groups in total. The Balaban J connectivity index is 1.84. The number of likely N-dealkylation sites (tertiary alicyclic amines) is 1. The van der Waals surface area contributed by atoms with Crippen molar-refractivity contribution in [1.82, 2.24) is 9.88 Å². The normalized spacial score (nSPS) is 26.8. The maximum atomic E-state index is 9.96. The molecule has 0 amide bonds. The first-order valence-corrected chi connectivity index (χ1v) is 8.11. The van der Waals surface area contributed by atoms with Crippen LogP contribution in [-0.4, -0.2) is 53.2 Å². The summed E-state index contributed by atoms with van der Waals surface area (Å²) in [5.74, 6) is 0.210. The van der Waals surface area contributed by atoms with E-state index in [0.29, 0.717) is 26.3 Å². The van der Waals surface area contributed by atoms with Gasteiger partial charge in [0.05, 0.1) is 25.0 Å². The molecule has 6 heteroatoms. The van der Waals surface area contributed by atoms with Crippen LogP contribution in [0.4, 0.5) is 0 Å². The summed E-state index contributed by atoms with van der Waals surface area (Å²) in [6.45, 7) is 8.29. The lowest BCUT2D eigenvalue weighted by Gasteiger charge is -2.35. The van der Waals surface area contributed by atoms with Crippen LogP contribution in [0, 0.1) is 6.92 Å². The van der Waals surface area contributed by atoms with Crippen molar-refractivity contribution in [3.63, 3.8) is 0 Å². The van der Waals surface area contributed by atoms with Gasteiger partial charge in [0.15, 0.2) is 0 Å². The fourth-order valence-electron chi connectivity index (χ4n) is 3.36. The lowest BCUT2D eigenvalue weighted by Crippen LogP contribution is -2.37. The average Bonchev–Trinajstić information content (AvgIpc) is 2.82. The van der Waals surface area contributed by atoms with Crippen LogP contribution in [0.5, 0.6) is 5.75 Å². The number of aliphatic hydroxyl groups is 1. The van der Waals surface area contributed by atoms with Crippen molar-refractivity contribution in [2.24, 2.45) is 0 Å². The number of hydrogen-bond donors (Lipinski definition) is 1. The van der Waals surface area contributed by atoms with Gasteiger partial charge in [0.1, 0.15) is 5.75 Å². The molecule has 0 unspecified atom stereocenters. The van der Waals surface area contributed by atoms with Crippen molar-refractivity contribution in [2.75, 3.05) is 20.3 Å². The third-order valence-electron chi connectivity index (χ3n) is 4.55. The third-order valence-corrected chi connectivity index (χ3v) is 4.55. The molecule has 0 aliphatic carbocycles. The first kappa shape index (κ1) is 16.6. The maximum Gasteiger partial charge on any atom is 0.205 e. The number of aliphatic hydroxyl groups excluding tert-OH is 1. The minimum atomic E-state index is -0.625. The first-order valence-electron chi connectivity index (χ1n) is 8.11. The average molecular weight is 322 g/mol. The van der Waals surface area contributed by atoms with Crippen molar-refractivity contribution >= 4 is 0 Å². The zero-order valence-electron chi connectivity index (χ0n) is 14.3. The molecule has 0 spiro atoms. The van der Waals surface area contributed by atoms with Gasteiger partial charge in [0.25, 0.3) is 0 Å². The molecule has 3 rings (SSSR count). The Morgan fingerprint density at radius 3 is 3.00 bits per heavy atom. The first-order chi connectivity index (χ1) is 10.9. The highest BCUT2D eigenvalue weighted by Gasteiger charge is 2.34. The number of pyridine rings is 1. The van der Waals surface area contributed by atoms with Crippen molar-refractivity contribution in [1.29, 1.82) is 0 Å². The predicted molar refractivity (Wildman–Crippen MR) is 85.2 cm³/mol. The highest BCUT2D eigenvalue weighted by molar-refractivity contribution is 5.43. The largest absolute Gasteiger partial charge is 0.461 e. The Kier molecular flexibility index (Phi) is 4.60. The SMILES string of the molecule is COC[C@H]1C[C@@H](O)CN1Cc1cnc(C)c2c1COC(C)(C)O2. The van der Waals surface area contributed by atoms with Crippen LogP contribution in [0.25, 0.3) is 0 Å². The molecule has 23 heavy (non-hydrogen) atoms. The Labute approximate surface area is 137 Å². The van der Waals surface area contributed by atoms with Crippen molar-refractivity contribution in [3.8, 4) is 5.75 Å². The van der Waals surface area contributed by atoms with Crippen LogP contribution in [-0.2, 0) is 22.6 Å². The molecule has 6 nitrogen and oxygen atoms in total. The summed E-state index contributed by atoms with van der Waals surface area (Å²) in [5, 5.41) is 9.96. The molecule has 0 bridgehead atoms. The summed E-state index contributed by atoms with van der Waals surface area (Å²) >= 11 is 0. The van der Waals surface area contributed by atoms with E-state index in [-0.39, 0.29) is 12.1 Å². The van der Waals surface area contributed by atoms with Gasteiger partial charge < -0.3 is 19.3 Å². The quantitative estimate of drug-likeness (QED) is 0.909. The zero-order chi connectivity index (χ0) is 16.6. The van der Waals surface area contributed by atoms with E-state index in [0.717, 1.165) is 29.0 Å². The Morgan fingerprint density at radius 1 is 1.48 bits per heavy atom. The smallest absolute Gasteiger partial charge is 0.205 e. The lowest BCUT2D eigenvalue weighted by molar-refractivity contribution is -0.180. The Bertz CT molecular complexity index is 576. The molecule has 2 aliphatic rings. The molecule has 1 aromatic rings. The van der Waals surface area contributed by atoms with E-state index in [1.165, 1.54) is 0 Å². The second-order valence-electron chi connectivity index (χ2n) is 6.90. The van der Waals surface area contributed by atoms with Gasteiger partial charge in [-0.15, -0.1) is 0 Å². The third kappa shape index (κ3) is 3.50. The van der Waals surface area contributed by atoms with Crippen LogP contribution in [0.2, 0.25) is 0 Å². The van der Waals surface area contributed by atoms with Crippen LogP contribution in [0.3, 0.4) is 0 Å². The summed E-state index contributed by atoms with van der Waals surface area (Å²) in [4.78, 5) is 6.74. The number of fused-ring (bicyclic) bond motifs is 1. The number of rotatable bonds is 4. The number of nitrogens with zero attached hydrogens (tertiary/aromatic N) is 2. The molecule has 2 atom stereocenters. The van der Waals surface area contributed by atoms with Crippen molar-refractivity contribution < 1.29 is 19.3 Å².